The molecular formula is C19H25ClN4O. The van der Waals surface area contributed by atoms with Crippen LogP contribution < -0.4 is 11.1 Å². The molecule has 4 rings (SSSR count). The molecule has 2 aliphatic rings. The zero-order valence-electron chi connectivity index (χ0n) is 14.2. The number of carbonyl (C=O) groups excluding carboxylic acids is 1. The molecule has 2 saturated carbocycles. The summed E-state index contributed by atoms with van der Waals surface area (Å²) in [5.41, 5.74) is 7.69. The van der Waals surface area contributed by atoms with Gasteiger partial charge in [-0.05, 0) is 55.7 Å². The van der Waals surface area contributed by atoms with E-state index in [9.17, 15) is 4.79 Å². The van der Waals surface area contributed by atoms with E-state index in [-0.39, 0.29) is 24.4 Å². The van der Waals surface area contributed by atoms with Crippen molar-refractivity contribution in [3.8, 4) is 5.69 Å². The number of aromatic nitrogens is 2. The Kier molecular flexibility index (Phi) is 5.45. The van der Waals surface area contributed by atoms with Crippen LogP contribution in [0.15, 0.2) is 42.7 Å². The summed E-state index contributed by atoms with van der Waals surface area (Å²) in [6, 6.07) is 10.1. The van der Waals surface area contributed by atoms with Crippen LogP contribution in [0.1, 0.15) is 42.5 Å². The van der Waals surface area contributed by atoms with Gasteiger partial charge < -0.3 is 11.1 Å². The average molecular weight is 361 g/mol. The number of benzene rings is 1. The molecule has 3 N–H and O–H groups in total. The third-order valence-corrected chi connectivity index (χ3v) is 5.57. The number of para-hydroxylation sites is 1. The number of carbonyl (C=O) groups is 1. The second-order valence-corrected chi connectivity index (χ2v) is 7.15. The smallest absolute Gasteiger partial charge is 0.253 e. The summed E-state index contributed by atoms with van der Waals surface area (Å²) in [7, 11) is 0. The zero-order valence-corrected chi connectivity index (χ0v) is 15.0. The SMILES string of the molecule is Cl.NC1CC2CCCC(C1)C2NC(=O)c1ccccc1-n1cccn1. The number of rotatable bonds is 3. The molecule has 1 aromatic carbocycles. The maximum atomic E-state index is 13.0. The molecule has 1 amide bonds. The van der Waals surface area contributed by atoms with E-state index in [0.29, 0.717) is 23.4 Å². The summed E-state index contributed by atoms with van der Waals surface area (Å²) in [6.07, 6.45) is 9.26. The number of amides is 1. The number of halogens is 1. The van der Waals surface area contributed by atoms with E-state index in [1.54, 1.807) is 10.9 Å². The van der Waals surface area contributed by atoms with E-state index in [1.165, 1.54) is 19.3 Å². The molecule has 5 nitrogen and oxygen atoms in total. The van der Waals surface area contributed by atoms with Crippen LogP contribution in [0.2, 0.25) is 0 Å². The van der Waals surface area contributed by atoms with Crippen LogP contribution in [0.5, 0.6) is 0 Å². The molecule has 2 aromatic rings. The molecule has 2 bridgehead atoms. The van der Waals surface area contributed by atoms with Crippen molar-refractivity contribution in [3.05, 3.63) is 48.3 Å². The lowest BCUT2D eigenvalue weighted by Crippen LogP contribution is -2.53. The van der Waals surface area contributed by atoms with Gasteiger partial charge in [0, 0.05) is 24.5 Å². The van der Waals surface area contributed by atoms with E-state index < -0.39 is 0 Å². The lowest BCUT2D eigenvalue weighted by molar-refractivity contribution is 0.0756. The van der Waals surface area contributed by atoms with Gasteiger partial charge in [-0.3, -0.25) is 4.79 Å². The van der Waals surface area contributed by atoms with Crippen LogP contribution in [0.4, 0.5) is 0 Å². The van der Waals surface area contributed by atoms with Crippen molar-refractivity contribution in [1.29, 1.82) is 0 Å². The second-order valence-electron chi connectivity index (χ2n) is 7.15. The van der Waals surface area contributed by atoms with E-state index in [4.69, 9.17) is 5.73 Å². The predicted molar refractivity (Wildman–Crippen MR) is 100 cm³/mol. The third kappa shape index (κ3) is 3.58. The van der Waals surface area contributed by atoms with Crippen molar-refractivity contribution in [2.75, 3.05) is 0 Å². The molecule has 25 heavy (non-hydrogen) atoms. The van der Waals surface area contributed by atoms with Gasteiger partial charge in [-0.2, -0.15) is 5.10 Å². The highest BCUT2D eigenvalue weighted by atomic mass is 35.5. The Labute approximate surface area is 154 Å². The summed E-state index contributed by atoms with van der Waals surface area (Å²) in [5, 5.41) is 7.59. The first-order valence-electron chi connectivity index (χ1n) is 8.88. The maximum absolute atomic E-state index is 13.0. The summed E-state index contributed by atoms with van der Waals surface area (Å²) in [6.45, 7) is 0. The van der Waals surface area contributed by atoms with Crippen LogP contribution in [0.25, 0.3) is 5.69 Å². The molecule has 2 unspecified atom stereocenters. The van der Waals surface area contributed by atoms with Gasteiger partial charge in [0.05, 0.1) is 11.3 Å². The molecule has 2 fully saturated rings. The molecule has 6 heteroatoms. The number of nitrogens with zero attached hydrogens (tertiary/aromatic N) is 2. The Bertz CT molecular complexity index is 704. The first-order valence-corrected chi connectivity index (χ1v) is 8.88. The first-order chi connectivity index (χ1) is 11.7. The average Bonchev–Trinajstić information content (AvgIpc) is 3.10. The molecule has 1 heterocycles. The molecule has 2 atom stereocenters. The number of nitrogens with one attached hydrogen (secondary N) is 1. The Morgan fingerprint density at radius 2 is 1.88 bits per heavy atom. The highest BCUT2D eigenvalue weighted by molar-refractivity contribution is 5.98. The Balaban J connectivity index is 0.00000182. The molecule has 134 valence electrons. The van der Waals surface area contributed by atoms with Crippen LogP contribution in [-0.2, 0) is 0 Å². The van der Waals surface area contributed by atoms with Gasteiger partial charge >= 0.3 is 0 Å². The van der Waals surface area contributed by atoms with Crippen molar-refractivity contribution in [1.82, 2.24) is 15.1 Å². The fourth-order valence-electron chi connectivity index (χ4n) is 4.53. The molecule has 0 saturated heterocycles. The standard InChI is InChI=1S/C19H24N4O.ClH/c20-15-11-13-5-3-6-14(12-15)18(13)22-19(24)16-7-1-2-8-17(16)23-10-4-9-21-23;/h1-2,4,7-10,13-15,18H,3,5-6,11-12,20H2,(H,22,24);1H. The lowest BCUT2D eigenvalue weighted by atomic mass is 9.67. The topological polar surface area (TPSA) is 72.9 Å². The van der Waals surface area contributed by atoms with Gasteiger partial charge in [-0.25, -0.2) is 4.68 Å². The van der Waals surface area contributed by atoms with Gasteiger partial charge in [-0.15, -0.1) is 12.4 Å². The fraction of sp³-hybridized carbons (Fsp3) is 0.474. The minimum Gasteiger partial charge on any atom is -0.349 e. The molecule has 1 aromatic heterocycles. The number of hydrogen-bond acceptors (Lipinski definition) is 3. The Morgan fingerprint density at radius 1 is 1.16 bits per heavy atom. The molecular weight excluding hydrogens is 336 g/mol. The molecule has 2 aliphatic carbocycles. The minimum atomic E-state index is -0.00142. The highest BCUT2D eigenvalue weighted by Gasteiger charge is 2.40. The van der Waals surface area contributed by atoms with Crippen molar-refractivity contribution >= 4 is 18.3 Å². The van der Waals surface area contributed by atoms with Gasteiger partial charge in [0.25, 0.3) is 5.91 Å². The zero-order chi connectivity index (χ0) is 16.5. The summed E-state index contributed by atoms with van der Waals surface area (Å²) >= 11 is 0. The lowest BCUT2D eigenvalue weighted by Gasteiger charge is -2.45. The van der Waals surface area contributed by atoms with Crippen LogP contribution in [-0.4, -0.2) is 27.8 Å². The van der Waals surface area contributed by atoms with Gasteiger partial charge in [0.2, 0.25) is 0 Å². The van der Waals surface area contributed by atoms with Crippen molar-refractivity contribution in [3.63, 3.8) is 0 Å². The van der Waals surface area contributed by atoms with Crippen LogP contribution in [0.3, 0.4) is 0 Å². The van der Waals surface area contributed by atoms with Gasteiger partial charge in [0.15, 0.2) is 0 Å². The van der Waals surface area contributed by atoms with Crippen LogP contribution in [0, 0.1) is 11.8 Å². The largest absolute Gasteiger partial charge is 0.349 e. The minimum absolute atomic E-state index is 0. The monoisotopic (exact) mass is 360 g/mol. The van der Waals surface area contributed by atoms with Gasteiger partial charge in [0.1, 0.15) is 0 Å². The first kappa shape index (κ1) is 18.0. The molecule has 0 aliphatic heterocycles. The van der Waals surface area contributed by atoms with Crippen molar-refractivity contribution in [2.45, 2.75) is 44.2 Å². The summed E-state index contributed by atoms with van der Waals surface area (Å²) in [5.74, 6) is 1.04. The quantitative estimate of drug-likeness (QED) is 0.883. The predicted octanol–water partition coefficient (Wildman–Crippen LogP) is 2.93. The Hall–Kier alpha value is -1.85. The second kappa shape index (κ2) is 7.58. The number of fused-ring (bicyclic) bond motifs is 2. The molecule has 0 spiro atoms. The van der Waals surface area contributed by atoms with Crippen molar-refractivity contribution in [2.24, 2.45) is 17.6 Å². The number of hydrogen-bond donors (Lipinski definition) is 2. The summed E-state index contributed by atoms with van der Waals surface area (Å²) in [4.78, 5) is 13.0. The van der Waals surface area contributed by atoms with Crippen molar-refractivity contribution < 1.29 is 4.79 Å². The van der Waals surface area contributed by atoms with E-state index in [2.05, 4.69) is 10.4 Å². The molecule has 0 radical (unpaired) electrons. The third-order valence-electron chi connectivity index (χ3n) is 5.57. The normalized spacial score (nSPS) is 28.0. The van der Waals surface area contributed by atoms with E-state index in [1.807, 2.05) is 36.5 Å². The maximum Gasteiger partial charge on any atom is 0.253 e. The fourth-order valence-corrected chi connectivity index (χ4v) is 4.53. The Morgan fingerprint density at radius 3 is 2.56 bits per heavy atom. The van der Waals surface area contributed by atoms with Crippen LogP contribution >= 0.6 is 12.4 Å². The number of nitrogens with two attached hydrogens (primary N) is 1. The summed E-state index contributed by atoms with van der Waals surface area (Å²) < 4.78 is 1.74. The highest BCUT2D eigenvalue weighted by Crippen LogP contribution is 2.39. The van der Waals surface area contributed by atoms with E-state index in [0.717, 1.165) is 18.5 Å². The van der Waals surface area contributed by atoms with Gasteiger partial charge in [-0.1, -0.05) is 18.6 Å². The van der Waals surface area contributed by atoms with E-state index >= 15 is 0 Å².